The Balaban J connectivity index is 1.24. The molecule has 0 amide bonds. The van der Waals surface area contributed by atoms with Crippen LogP contribution in [-0.2, 0) is 5.60 Å². The van der Waals surface area contributed by atoms with Gasteiger partial charge in [-0.25, -0.2) is 0 Å². The van der Waals surface area contributed by atoms with Crippen LogP contribution in [0.5, 0.6) is 5.75 Å². The van der Waals surface area contributed by atoms with Crippen LogP contribution in [0.25, 0.3) is 0 Å². The second-order valence-electron chi connectivity index (χ2n) is 13.0. The van der Waals surface area contributed by atoms with E-state index in [-0.39, 0.29) is 5.92 Å². The van der Waals surface area contributed by atoms with Gasteiger partial charge in [0.15, 0.2) is 0 Å². The monoisotopic (exact) mass is 479 g/mol. The zero-order valence-corrected chi connectivity index (χ0v) is 21.8. The summed E-state index contributed by atoms with van der Waals surface area (Å²) in [5.74, 6) is 2.40. The molecule has 5 aliphatic rings. The molecule has 4 aliphatic carbocycles. The Hall–Kier alpha value is -1.36. The molecule has 2 unspecified atom stereocenters. The molecule has 0 spiro atoms. The van der Waals surface area contributed by atoms with Crippen LogP contribution in [0.4, 0.5) is 0 Å². The van der Waals surface area contributed by atoms with Crippen LogP contribution in [0.15, 0.2) is 36.4 Å². The molecule has 4 nitrogen and oxygen atoms in total. The SMILES string of the molecule is C[C@]12CCCCC1CC[C@@H]1[C@H]2CC[C@]2(C)C(O)(c3cccc(OCCN4CCCC4)c3)C=C[C@@]12O. The molecule has 0 aromatic heterocycles. The summed E-state index contributed by atoms with van der Waals surface area (Å²) in [6.07, 6.45) is 16.1. The van der Waals surface area contributed by atoms with Crippen molar-refractivity contribution in [1.82, 2.24) is 4.90 Å². The van der Waals surface area contributed by atoms with Crippen molar-refractivity contribution in [3.8, 4) is 5.75 Å². The molecule has 0 bridgehead atoms. The summed E-state index contributed by atoms with van der Waals surface area (Å²) in [5.41, 5.74) is -1.60. The lowest BCUT2D eigenvalue weighted by Gasteiger charge is -2.64. The molecule has 35 heavy (non-hydrogen) atoms. The molecular formula is C31H45NO3. The second kappa shape index (κ2) is 8.60. The third kappa shape index (κ3) is 3.49. The van der Waals surface area contributed by atoms with E-state index in [1.807, 2.05) is 36.4 Å². The van der Waals surface area contributed by atoms with E-state index in [0.717, 1.165) is 43.0 Å². The third-order valence-corrected chi connectivity index (χ3v) is 11.6. The Morgan fingerprint density at radius 3 is 2.57 bits per heavy atom. The molecule has 192 valence electrons. The predicted octanol–water partition coefficient (Wildman–Crippen LogP) is 5.67. The molecule has 1 saturated heterocycles. The first-order valence-electron chi connectivity index (χ1n) is 14.4. The highest BCUT2D eigenvalue weighted by molar-refractivity contribution is 5.44. The molecule has 4 fully saturated rings. The Morgan fingerprint density at radius 2 is 1.74 bits per heavy atom. The Labute approximate surface area is 211 Å². The van der Waals surface area contributed by atoms with Crippen LogP contribution >= 0.6 is 0 Å². The molecule has 0 radical (unpaired) electrons. The van der Waals surface area contributed by atoms with Gasteiger partial charge in [0.2, 0.25) is 0 Å². The summed E-state index contributed by atoms with van der Waals surface area (Å²) in [7, 11) is 0. The predicted molar refractivity (Wildman–Crippen MR) is 139 cm³/mol. The maximum absolute atomic E-state index is 12.4. The maximum atomic E-state index is 12.4. The zero-order valence-electron chi connectivity index (χ0n) is 21.8. The van der Waals surface area contributed by atoms with Crippen LogP contribution in [-0.4, -0.2) is 47.0 Å². The number of benzene rings is 1. The van der Waals surface area contributed by atoms with Gasteiger partial charge in [-0.05, 0) is 111 Å². The van der Waals surface area contributed by atoms with E-state index in [2.05, 4.69) is 18.7 Å². The van der Waals surface area contributed by atoms with E-state index in [9.17, 15) is 10.2 Å². The van der Waals surface area contributed by atoms with Gasteiger partial charge in [-0.1, -0.05) is 44.9 Å². The van der Waals surface area contributed by atoms with E-state index in [1.165, 1.54) is 58.0 Å². The summed E-state index contributed by atoms with van der Waals surface area (Å²) in [6.45, 7) is 8.63. The lowest BCUT2D eigenvalue weighted by molar-refractivity contribution is -0.224. The van der Waals surface area contributed by atoms with Crippen LogP contribution in [0.1, 0.15) is 83.6 Å². The van der Waals surface area contributed by atoms with E-state index < -0.39 is 16.6 Å². The van der Waals surface area contributed by atoms with Gasteiger partial charge in [0.1, 0.15) is 18.0 Å². The highest BCUT2D eigenvalue weighted by Gasteiger charge is 2.69. The van der Waals surface area contributed by atoms with Crippen molar-refractivity contribution in [2.24, 2.45) is 28.6 Å². The van der Waals surface area contributed by atoms with Crippen molar-refractivity contribution in [2.75, 3.05) is 26.2 Å². The molecule has 6 rings (SSSR count). The normalized spacial score (nSPS) is 45.1. The summed E-state index contributed by atoms with van der Waals surface area (Å²) in [6, 6.07) is 8.01. The minimum atomic E-state index is -1.19. The van der Waals surface area contributed by atoms with E-state index in [4.69, 9.17) is 4.74 Å². The first kappa shape index (κ1) is 24.0. The number of nitrogens with zero attached hydrogens (tertiary/aromatic N) is 1. The Kier molecular flexibility index (Phi) is 5.90. The quantitative estimate of drug-likeness (QED) is 0.534. The van der Waals surface area contributed by atoms with Gasteiger partial charge in [0.05, 0.1) is 5.60 Å². The molecule has 1 aromatic carbocycles. The second-order valence-corrected chi connectivity index (χ2v) is 13.0. The lowest BCUT2D eigenvalue weighted by Crippen LogP contribution is -2.64. The van der Waals surface area contributed by atoms with Crippen molar-refractivity contribution in [3.05, 3.63) is 42.0 Å². The molecule has 3 saturated carbocycles. The van der Waals surface area contributed by atoms with E-state index in [0.29, 0.717) is 17.9 Å². The van der Waals surface area contributed by atoms with Crippen molar-refractivity contribution in [1.29, 1.82) is 0 Å². The summed E-state index contributed by atoms with van der Waals surface area (Å²) in [4.78, 5) is 2.46. The van der Waals surface area contributed by atoms with Gasteiger partial charge in [-0.15, -0.1) is 0 Å². The standard InChI is InChI=1S/C31H45NO3/c1-28-14-4-3-8-23(28)11-12-27-26(28)13-15-29(2)30(33,16-17-31(27,29)34)24-9-7-10-25(22-24)35-21-20-32-18-5-6-19-32/h7,9-10,16-17,22-23,26-27,33-34H,3-6,8,11-15,18-21H2,1-2H3/t23?,26-,27-,28+,29-,30?,31-/m1/s1. The van der Waals surface area contributed by atoms with Crippen molar-refractivity contribution >= 4 is 0 Å². The molecule has 4 heteroatoms. The number of likely N-dealkylation sites (tertiary alicyclic amines) is 1. The fourth-order valence-corrected chi connectivity index (χ4v) is 9.32. The number of hydrogen-bond acceptors (Lipinski definition) is 4. The Morgan fingerprint density at radius 1 is 0.914 bits per heavy atom. The van der Waals surface area contributed by atoms with Crippen molar-refractivity contribution < 1.29 is 14.9 Å². The minimum Gasteiger partial charge on any atom is -0.492 e. The van der Waals surface area contributed by atoms with Crippen LogP contribution < -0.4 is 4.74 Å². The van der Waals surface area contributed by atoms with Gasteiger partial charge in [-0.3, -0.25) is 4.90 Å². The highest BCUT2D eigenvalue weighted by Crippen LogP contribution is 2.69. The molecular weight excluding hydrogens is 434 g/mol. The van der Waals surface area contributed by atoms with Gasteiger partial charge in [0.25, 0.3) is 0 Å². The van der Waals surface area contributed by atoms with Gasteiger partial charge >= 0.3 is 0 Å². The first-order valence-corrected chi connectivity index (χ1v) is 14.4. The number of aliphatic hydroxyl groups is 2. The number of ether oxygens (including phenoxy) is 1. The molecule has 1 aliphatic heterocycles. The van der Waals surface area contributed by atoms with Gasteiger partial charge in [0, 0.05) is 12.0 Å². The van der Waals surface area contributed by atoms with Gasteiger partial charge in [-0.2, -0.15) is 0 Å². The summed E-state index contributed by atoms with van der Waals surface area (Å²) < 4.78 is 6.13. The van der Waals surface area contributed by atoms with E-state index >= 15 is 0 Å². The largest absolute Gasteiger partial charge is 0.492 e. The van der Waals surface area contributed by atoms with Crippen LogP contribution in [0, 0.1) is 28.6 Å². The lowest BCUT2D eigenvalue weighted by atomic mass is 9.42. The summed E-state index contributed by atoms with van der Waals surface area (Å²) >= 11 is 0. The average Bonchev–Trinajstić information content (AvgIpc) is 3.45. The fraction of sp³-hybridized carbons (Fsp3) is 0.742. The molecule has 2 N–H and O–H groups in total. The first-order chi connectivity index (χ1) is 16.8. The number of rotatable bonds is 5. The number of fused-ring (bicyclic) bond motifs is 5. The fourth-order valence-electron chi connectivity index (χ4n) is 9.32. The van der Waals surface area contributed by atoms with Crippen molar-refractivity contribution in [2.45, 2.75) is 89.3 Å². The zero-order chi connectivity index (χ0) is 24.3. The highest BCUT2D eigenvalue weighted by atomic mass is 16.5. The van der Waals surface area contributed by atoms with Crippen molar-refractivity contribution in [3.63, 3.8) is 0 Å². The minimum absolute atomic E-state index is 0.228. The van der Waals surface area contributed by atoms with Gasteiger partial charge < -0.3 is 14.9 Å². The smallest absolute Gasteiger partial charge is 0.119 e. The summed E-state index contributed by atoms with van der Waals surface area (Å²) in [5, 5.41) is 24.7. The average molecular weight is 480 g/mol. The third-order valence-electron chi connectivity index (χ3n) is 11.6. The topological polar surface area (TPSA) is 52.9 Å². The molecule has 7 atom stereocenters. The Bertz CT molecular complexity index is 972. The molecule has 1 aromatic rings. The molecule has 1 heterocycles. The van der Waals surface area contributed by atoms with E-state index in [1.54, 1.807) is 0 Å². The number of hydrogen-bond donors (Lipinski definition) is 2. The van der Waals surface area contributed by atoms with Crippen LogP contribution in [0.3, 0.4) is 0 Å². The van der Waals surface area contributed by atoms with Crippen LogP contribution in [0.2, 0.25) is 0 Å². The maximum Gasteiger partial charge on any atom is 0.119 e.